The van der Waals surface area contributed by atoms with Gasteiger partial charge in [0.25, 0.3) is 0 Å². The zero-order valence-corrected chi connectivity index (χ0v) is 7.73. The first-order chi connectivity index (χ1) is 6.15. The summed E-state index contributed by atoms with van der Waals surface area (Å²) < 4.78 is 13.3. The van der Waals surface area contributed by atoms with Crippen LogP contribution in [0.15, 0.2) is 18.2 Å². The van der Waals surface area contributed by atoms with E-state index in [1.54, 1.807) is 25.1 Å². The molecule has 0 aliphatic carbocycles. The lowest BCUT2D eigenvalue weighted by Gasteiger charge is -2.03. The lowest BCUT2D eigenvalue weighted by molar-refractivity contribution is -0.120. The highest BCUT2D eigenvalue weighted by Gasteiger charge is 2.07. The van der Waals surface area contributed by atoms with Crippen LogP contribution in [0.1, 0.15) is 11.1 Å². The van der Waals surface area contributed by atoms with Crippen molar-refractivity contribution in [3.05, 3.63) is 35.1 Å². The van der Waals surface area contributed by atoms with Gasteiger partial charge < -0.3 is 5.32 Å². The smallest absolute Gasteiger partial charge is 0.224 e. The molecular formula is C10H12FNO. The maximum absolute atomic E-state index is 13.3. The van der Waals surface area contributed by atoms with Crippen LogP contribution in [0.4, 0.5) is 4.39 Å². The predicted molar refractivity (Wildman–Crippen MR) is 48.9 cm³/mol. The molecule has 0 radical (unpaired) electrons. The summed E-state index contributed by atoms with van der Waals surface area (Å²) in [7, 11) is 1.54. The first-order valence-corrected chi connectivity index (χ1v) is 4.09. The second-order valence-electron chi connectivity index (χ2n) is 2.90. The number of aryl methyl sites for hydroxylation is 1. The molecule has 0 bridgehead atoms. The molecule has 0 aliphatic heterocycles. The monoisotopic (exact) mass is 181 g/mol. The van der Waals surface area contributed by atoms with Crippen LogP contribution in [0, 0.1) is 12.7 Å². The van der Waals surface area contributed by atoms with Crippen molar-refractivity contribution in [1.82, 2.24) is 5.32 Å². The Balaban J connectivity index is 2.89. The Kier molecular flexibility index (Phi) is 3.01. The van der Waals surface area contributed by atoms with E-state index >= 15 is 0 Å². The second kappa shape index (κ2) is 4.03. The molecule has 13 heavy (non-hydrogen) atoms. The summed E-state index contributed by atoms with van der Waals surface area (Å²) in [6.07, 6.45) is 0.101. The fourth-order valence-electron chi connectivity index (χ4n) is 1.11. The summed E-state index contributed by atoms with van der Waals surface area (Å²) in [4.78, 5) is 11.0. The minimum absolute atomic E-state index is 0.101. The Labute approximate surface area is 76.8 Å². The molecule has 0 heterocycles. The number of benzene rings is 1. The molecule has 0 aliphatic rings. The van der Waals surface area contributed by atoms with E-state index in [2.05, 4.69) is 5.32 Å². The Morgan fingerprint density at radius 1 is 1.54 bits per heavy atom. The number of rotatable bonds is 2. The van der Waals surface area contributed by atoms with Crippen molar-refractivity contribution < 1.29 is 9.18 Å². The Morgan fingerprint density at radius 3 is 2.85 bits per heavy atom. The highest BCUT2D eigenvalue weighted by molar-refractivity contribution is 5.78. The van der Waals surface area contributed by atoms with Crippen LogP contribution < -0.4 is 5.32 Å². The summed E-state index contributed by atoms with van der Waals surface area (Å²) in [5, 5.41) is 2.45. The summed E-state index contributed by atoms with van der Waals surface area (Å²) in [5.41, 5.74) is 1.01. The highest BCUT2D eigenvalue weighted by atomic mass is 19.1. The minimum atomic E-state index is -0.286. The van der Waals surface area contributed by atoms with Gasteiger partial charge >= 0.3 is 0 Å². The van der Waals surface area contributed by atoms with Crippen molar-refractivity contribution in [1.29, 1.82) is 0 Å². The number of likely N-dealkylation sites (N-methyl/N-ethyl adjacent to an activating group) is 1. The van der Waals surface area contributed by atoms with Crippen LogP contribution in [0.5, 0.6) is 0 Å². The van der Waals surface area contributed by atoms with Gasteiger partial charge in [0, 0.05) is 7.05 Å². The first kappa shape index (κ1) is 9.71. The van der Waals surface area contributed by atoms with Crippen molar-refractivity contribution in [3.8, 4) is 0 Å². The van der Waals surface area contributed by atoms with E-state index in [-0.39, 0.29) is 18.1 Å². The molecule has 0 spiro atoms. The van der Waals surface area contributed by atoms with E-state index in [4.69, 9.17) is 0 Å². The maximum atomic E-state index is 13.3. The van der Waals surface area contributed by atoms with E-state index < -0.39 is 0 Å². The van der Waals surface area contributed by atoms with Gasteiger partial charge in [0.15, 0.2) is 0 Å². The number of amides is 1. The molecule has 70 valence electrons. The lowest BCUT2D eigenvalue weighted by Crippen LogP contribution is -2.20. The summed E-state index contributed by atoms with van der Waals surface area (Å²) >= 11 is 0. The van der Waals surface area contributed by atoms with Gasteiger partial charge in [-0.3, -0.25) is 4.79 Å². The molecule has 1 N–H and O–H groups in total. The second-order valence-corrected chi connectivity index (χ2v) is 2.90. The SMILES string of the molecule is CNC(=O)Cc1cccc(C)c1F. The van der Waals surface area contributed by atoms with Crippen LogP contribution in [-0.2, 0) is 11.2 Å². The Bertz CT molecular complexity index is 323. The lowest BCUT2D eigenvalue weighted by atomic mass is 10.1. The van der Waals surface area contributed by atoms with Crippen molar-refractivity contribution in [2.45, 2.75) is 13.3 Å². The number of carbonyl (C=O) groups excluding carboxylic acids is 1. The quantitative estimate of drug-likeness (QED) is 0.734. The molecule has 3 heteroatoms. The average Bonchev–Trinajstić information content (AvgIpc) is 2.13. The minimum Gasteiger partial charge on any atom is -0.359 e. The molecule has 1 aromatic carbocycles. The predicted octanol–water partition coefficient (Wildman–Crippen LogP) is 1.42. The van der Waals surface area contributed by atoms with Gasteiger partial charge in [0.05, 0.1) is 6.42 Å². The fourth-order valence-corrected chi connectivity index (χ4v) is 1.11. The van der Waals surface area contributed by atoms with Gasteiger partial charge in [-0.1, -0.05) is 18.2 Å². The van der Waals surface area contributed by atoms with E-state index in [1.165, 1.54) is 7.05 Å². The van der Waals surface area contributed by atoms with E-state index in [1.807, 2.05) is 0 Å². The fraction of sp³-hybridized carbons (Fsp3) is 0.300. The number of hydrogen-bond donors (Lipinski definition) is 1. The summed E-state index contributed by atoms with van der Waals surface area (Å²) in [6, 6.07) is 5.05. The molecule has 1 rings (SSSR count). The first-order valence-electron chi connectivity index (χ1n) is 4.09. The molecule has 0 fully saturated rings. The molecule has 0 saturated carbocycles. The van der Waals surface area contributed by atoms with Gasteiger partial charge in [-0.25, -0.2) is 4.39 Å². The molecule has 0 saturated heterocycles. The standard InChI is InChI=1S/C10H12FNO/c1-7-4-3-5-8(10(7)11)6-9(13)12-2/h3-5H,6H2,1-2H3,(H,12,13). The van der Waals surface area contributed by atoms with Gasteiger partial charge in [0.1, 0.15) is 5.82 Å². The number of carbonyl (C=O) groups is 1. The topological polar surface area (TPSA) is 29.1 Å². The van der Waals surface area contributed by atoms with Gasteiger partial charge in [-0.05, 0) is 18.1 Å². The van der Waals surface area contributed by atoms with Crippen molar-refractivity contribution in [2.24, 2.45) is 0 Å². The van der Waals surface area contributed by atoms with Gasteiger partial charge in [0.2, 0.25) is 5.91 Å². The number of nitrogens with one attached hydrogen (secondary N) is 1. The normalized spacial score (nSPS) is 9.77. The van der Waals surface area contributed by atoms with E-state index in [0.717, 1.165) is 0 Å². The maximum Gasteiger partial charge on any atom is 0.224 e. The van der Waals surface area contributed by atoms with Crippen molar-refractivity contribution in [3.63, 3.8) is 0 Å². The molecule has 1 aromatic rings. The van der Waals surface area contributed by atoms with Crippen LogP contribution in [-0.4, -0.2) is 13.0 Å². The zero-order valence-electron chi connectivity index (χ0n) is 7.73. The molecule has 0 atom stereocenters. The molecule has 0 unspecified atom stereocenters. The molecule has 1 amide bonds. The summed E-state index contributed by atoms with van der Waals surface area (Å²) in [6.45, 7) is 1.68. The average molecular weight is 181 g/mol. The van der Waals surface area contributed by atoms with Crippen molar-refractivity contribution in [2.75, 3.05) is 7.05 Å². The van der Waals surface area contributed by atoms with E-state index in [9.17, 15) is 9.18 Å². The van der Waals surface area contributed by atoms with Crippen LogP contribution >= 0.6 is 0 Å². The van der Waals surface area contributed by atoms with Gasteiger partial charge in [-0.2, -0.15) is 0 Å². The third kappa shape index (κ3) is 2.28. The summed E-state index contributed by atoms with van der Waals surface area (Å²) in [5.74, 6) is -0.462. The van der Waals surface area contributed by atoms with Crippen LogP contribution in [0.25, 0.3) is 0 Å². The van der Waals surface area contributed by atoms with Gasteiger partial charge in [-0.15, -0.1) is 0 Å². The third-order valence-corrected chi connectivity index (χ3v) is 1.90. The molecular weight excluding hydrogens is 169 g/mol. The Hall–Kier alpha value is -1.38. The van der Waals surface area contributed by atoms with Crippen molar-refractivity contribution >= 4 is 5.91 Å². The van der Waals surface area contributed by atoms with Crippen LogP contribution in [0.2, 0.25) is 0 Å². The van der Waals surface area contributed by atoms with Crippen LogP contribution in [0.3, 0.4) is 0 Å². The molecule has 2 nitrogen and oxygen atoms in total. The highest BCUT2D eigenvalue weighted by Crippen LogP contribution is 2.11. The van der Waals surface area contributed by atoms with E-state index in [0.29, 0.717) is 11.1 Å². The Morgan fingerprint density at radius 2 is 2.23 bits per heavy atom. The number of halogens is 1. The zero-order chi connectivity index (χ0) is 9.84. The molecule has 0 aromatic heterocycles. The number of hydrogen-bond acceptors (Lipinski definition) is 1. The third-order valence-electron chi connectivity index (χ3n) is 1.90. The largest absolute Gasteiger partial charge is 0.359 e.